The molecular weight excluding hydrogens is 345 g/mol. The molecule has 2 aliphatic rings. The Kier molecular flexibility index (Phi) is 4.26. The zero-order valence-electron chi connectivity index (χ0n) is 11.1. The van der Waals surface area contributed by atoms with Crippen LogP contribution in [0.15, 0.2) is 11.3 Å². The molecule has 122 valence electrons. The fourth-order valence-electron chi connectivity index (χ4n) is 2.21. The van der Waals surface area contributed by atoms with Crippen LogP contribution in [0.3, 0.4) is 0 Å². The van der Waals surface area contributed by atoms with E-state index >= 15 is 0 Å². The molecule has 0 spiro atoms. The number of carbonyl (C=O) groups excluding carboxylic acids is 2. The Morgan fingerprint density at radius 3 is 2.59 bits per heavy atom. The van der Waals surface area contributed by atoms with E-state index in [4.69, 9.17) is 5.73 Å². The summed E-state index contributed by atoms with van der Waals surface area (Å²) in [5.41, 5.74) is 1.85. The zero-order valence-corrected chi connectivity index (χ0v) is 12.8. The summed E-state index contributed by atoms with van der Waals surface area (Å²) in [5.74, 6) is -3.03. The summed E-state index contributed by atoms with van der Waals surface area (Å²) < 4.78 is 39.0. The summed E-state index contributed by atoms with van der Waals surface area (Å²) >= 11 is 1.57. The number of fused-ring (bicyclic) bond motifs is 1. The SMILES string of the molecule is CC(=O)SCC1=C(C(=O)O)N2C(=O)C(N)(C(F)(F)F)[C@H]2SC1. The number of hydrogen-bond acceptors (Lipinski definition) is 6. The predicted octanol–water partition coefficient (Wildman–Crippen LogP) is 0.780. The Balaban J connectivity index is 2.37. The lowest BCUT2D eigenvalue weighted by molar-refractivity contribution is -0.223. The van der Waals surface area contributed by atoms with Gasteiger partial charge in [-0.25, -0.2) is 4.79 Å². The van der Waals surface area contributed by atoms with Crippen LogP contribution < -0.4 is 5.73 Å². The second kappa shape index (κ2) is 5.46. The van der Waals surface area contributed by atoms with Crippen molar-refractivity contribution in [3.05, 3.63) is 11.3 Å². The van der Waals surface area contributed by atoms with Crippen LogP contribution in [0.4, 0.5) is 13.2 Å². The van der Waals surface area contributed by atoms with E-state index in [0.717, 1.165) is 23.5 Å². The van der Waals surface area contributed by atoms with Gasteiger partial charge in [-0.1, -0.05) is 11.8 Å². The Hall–Kier alpha value is -1.20. The van der Waals surface area contributed by atoms with Crippen molar-refractivity contribution in [3.8, 4) is 0 Å². The molecule has 3 N–H and O–H groups in total. The van der Waals surface area contributed by atoms with Crippen LogP contribution in [0.2, 0.25) is 0 Å². The molecule has 0 saturated carbocycles. The van der Waals surface area contributed by atoms with Gasteiger partial charge in [-0.15, -0.1) is 11.8 Å². The Morgan fingerprint density at radius 1 is 1.55 bits per heavy atom. The largest absolute Gasteiger partial charge is 0.477 e. The third-order valence-electron chi connectivity index (χ3n) is 3.31. The standard InChI is InChI=1S/C11H11F3N2O4S2/c1-4(17)21-2-5-3-22-9-10(15,11(12,13)14)8(20)16(9)6(5)7(18)19/h9H,2-3,15H2,1H3,(H,18,19)/t9-,10?/m1/s1. The molecule has 2 aliphatic heterocycles. The number of rotatable bonds is 3. The lowest BCUT2D eigenvalue weighted by Crippen LogP contribution is -2.83. The monoisotopic (exact) mass is 356 g/mol. The minimum absolute atomic E-state index is 0.00402. The third kappa shape index (κ3) is 2.40. The summed E-state index contributed by atoms with van der Waals surface area (Å²) in [7, 11) is 0. The van der Waals surface area contributed by atoms with E-state index in [1.165, 1.54) is 6.92 Å². The summed E-state index contributed by atoms with van der Waals surface area (Å²) in [6.45, 7) is 1.29. The highest BCUT2D eigenvalue weighted by Crippen LogP contribution is 2.51. The number of alkyl halides is 3. The molecule has 0 aliphatic carbocycles. The molecule has 1 unspecified atom stereocenters. The van der Waals surface area contributed by atoms with E-state index in [2.05, 4.69) is 0 Å². The number of thioether (sulfide) groups is 2. The Bertz CT molecular complexity index is 592. The van der Waals surface area contributed by atoms with Gasteiger partial charge in [0, 0.05) is 18.4 Å². The van der Waals surface area contributed by atoms with Crippen molar-refractivity contribution < 1.29 is 32.7 Å². The number of hydrogen-bond donors (Lipinski definition) is 2. The molecule has 11 heteroatoms. The van der Waals surface area contributed by atoms with Gasteiger partial charge in [-0.05, 0) is 5.57 Å². The van der Waals surface area contributed by atoms with E-state index in [1.807, 2.05) is 0 Å². The van der Waals surface area contributed by atoms with E-state index in [0.29, 0.717) is 4.90 Å². The first kappa shape index (κ1) is 17.2. The lowest BCUT2D eigenvalue weighted by Gasteiger charge is -2.55. The number of nitrogens with zero attached hydrogens (tertiary/aromatic N) is 1. The molecule has 0 bridgehead atoms. The van der Waals surface area contributed by atoms with Gasteiger partial charge < -0.3 is 10.8 Å². The summed E-state index contributed by atoms with van der Waals surface area (Å²) in [5, 5.41) is 7.45. The zero-order chi connectivity index (χ0) is 16.9. The fraction of sp³-hybridized carbons (Fsp3) is 0.545. The van der Waals surface area contributed by atoms with E-state index < -0.39 is 34.7 Å². The van der Waals surface area contributed by atoms with Gasteiger partial charge >= 0.3 is 12.1 Å². The molecule has 1 amide bonds. The van der Waals surface area contributed by atoms with Crippen molar-refractivity contribution in [1.29, 1.82) is 0 Å². The number of halogens is 3. The number of β-lactam (4-membered cyclic amide) rings is 1. The third-order valence-corrected chi connectivity index (χ3v) is 5.62. The van der Waals surface area contributed by atoms with E-state index in [1.54, 1.807) is 0 Å². The first-order chi connectivity index (χ1) is 10.0. The molecule has 0 aromatic heterocycles. The van der Waals surface area contributed by atoms with Crippen LogP contribution in [0.25, 0.3) is 0 Å². The second-order valence-corrected chi connectivity index (χ2v) is 6.96. The van der Waals surface area contributed by atoms with Gasteiger partial charge in [0.1, 0.15) is 11.1 Å². The number of aliphatic carboxylic acids is 1. The van der Waals surface area contributed by atoms with Crippen molar-refractivity contribution in [3.63, 3.8) is 0 Å². The fourth-order valence-corrected chi connectivity index (χ4v) is 4.40. The van der Waals surface area contributed by atoms with Crippen LogP contribution in [-0.4, -0.2) is 55.6 Å². The second-order valence-electron chi connectivity index (χ2n) is 4.74. The number of carboxylic acid groups (broad SMARTS) is 1. The molecule has 6 nitrogen and oxygen atoms in total. The van der Waals surface area contributed by atoms with E-state index in [9.17, 15) is 32.7 Å². The Labute approximate surface area is 131 Å². The van der Waals surface area contributed by atoms with Gasteiger partial charge in [0.15, 0.2) is 5.12 Å². The normalized spacial score (nSPS) is 28.3. The average molecular weight is 356 g/mol. The topological polar surface area (TPSA) is 101 Å². The van der Waals surface area contributed by atoms with Crippen LogP contribution in [-0.2, 0) is 14.4 Å². The van der Waals surface area contributed by atoms with Crippen molar-refractivity contribution >= 4 is 40.5 Å². The van der Waals surface area contributed by atoms with Gasteiger partial charge in [0.05, 0.1) is 0 Å². The quantitative estimate of drug-likeness (QED) is 0.721. The van der Waals surface area contributed by atoms with Crippen molar-refractivity contribution in [1.82, 2.24) is 4.90 Å². The van der Waals surface area contributed by atoms with Gasteiger partial charge in [-0.2, -0.15) is 13.2 Å². The molecule has 22 heavy (non-hydrogen) atoms. The van der Waals surface area contributed by atoms with Crippen LogP contribution >= 0.6 is 23.5 Å². The minimum Gasteiger partial charge on any atom is -0.477 e. The highest BCUT2D eigenvalue weighted by atomic mass is 32.2. The van der Waals surface area contributed by atoms with Crippen LogP contribution in [0, 0.1) is 0 Å². The highest BCUT2D eigenvalue weighted by molar-refractivity contribution is 8.13. The number of amides is 1. The molecule has 1 saturated heterocycles. The molecule has 2 heterocycles. The first-order valence-corrected chi connectivity index (χ1v) is 7.94. The maximum absolute atomic E-state index is 13.0. The number of carbonyl (C=O) groups is 3. The average Bonchev–Trinajstić information content (AvgIpc) is 2.41. The van der Waals surface area contributed by atoms with Crippen molar-refractivity contribution in [2.45, 2.75) is 24.0 Å². The van der Waals surface area contributed by atoms with Crippen LogP contribution in [0.1, 0.15) is 6.92 Å². The number of carboxylic acids is 1. The van der Waals surface area contributed by atoms with Gasteiger partial charge in [-0.3, -0.25) is 14.5 Å². The molecular formula is C11H11F3N2O4S2. The molecule has 0 radical (unpaired) electrons. The maximum Gasteiger partial charge on any atom is 0.418 e. The number of nitrogens with two attached hydrogens (primary N) is 1. The van der Waals surface area contributed by atoms with Crippen molar-refractivity contribution in [2.24, 2.45) is 5.73 Å². The summed E-state index contributed by atoms with van der Waals surface area (Å²) in [6.07, 6.45) is -4.96. The predicted molar refractivity (Wildman–Crippen MR) is 73.9 cm³/mol. The summed E-state index contributed by atoms with van der Waals surface area (Å²) in [4.78, 5) is 34.7. The Morgan fingerprint density at radius 2 is 2.14 bits per heavy atom. The molecule has 0 aromatic rings. The first-order valence-electron chi connectivity index (χ1n) is 5.91. The van der Waals surface area contributed by atoms with Gasteiger partial charge in [0.2, 0.25) is 5.54 Å². The maximum atomic E-state index is 13.0. The lowest BCUT2D eigenvalue weighted by atomic mass is 9.86. The molecule has 0 aromatic carbocycles. The van der Waals surface area contributed by atoms with Gasteiger partial charge in [0.25, 0.3) is 5.91 Å². The molecule has 2 atom stereocenters. The van der Waals surface area contributed by atoms with Crippen molar-refractivity contribution in [2.75, 3.05) is 11.5 Å². The smallest absolute Gasteiger partial charge is 0.418 e. The molecule has 1 fully saturated rings. The van der Waals surface area contributed by atoms with Crippen LogP contribution in [0.5, 0.6) is 0 Å². The minimum atomic E-state index is -4.96. The molecule has 2 rings (SSSR count). The van der Waals surface area contributed by atoms with E-state index in [-0.39, 0.29) is 22.2 Å². The highest BCUT2D eigenvalue weighted by Gasteiger charge is 2.74. The summed E-state index contributed by atoms with van der Waals surface area (Å²) in [6, 6.07) is 0.